The first-order valence-electron chi connectivity index (χ1n) is 5.41. The summed E-state index contributed by atoms with van der Waals surface area (Å²) >= 11 is 0. The van der Waals surface area contributed by atoms with Crippen molar-refractivity contribution in [3.8, 4) is 0 Å². The second kappa shape index (κ2) is 5.40. The normalized spacial score (nSPS) is 11.9. The topological polar surface area (TPSA) is 23.5 Å². The minimum absolute atomic E-state index is 0.0330. The number of benzene rings is 1. The molecule has 1 aromatic carbocycles. The van der Waals surface area contributed by atoms with E-state index in [0.29, 0.717) is 12.2 Å². The Balaban J connectivity index is 3.04. The summed E-state index contributed by atoms with van der Waals surface area (Å²) in [6.07, 6.45) is -4.34. The van der Waals surface area contributed by atoms with Gasteiger partial charge in [-0.05, 0) is 32.0 Å². The molecule has 0 fully saturated rings. The van der Waals surface area contributed by atoms with Gasteiger partial charge >= 0.3 is 6.18 Å². The molecule has 5 heteroatoms. The van der Waals surface area contributed by atoms with Crippen molar-refractivity contribution in [2.24, 2.45) is 0 Å². The van der Waals surface area contributed by atoms with Crippen molar-refractivity contribution in [3.63, 3.8) is 0 Å². The number of alkyl halides is 3. The molecule has 0 spiro atoms. The van der Waals surface area contributed by atoms with Gasteiger partial charge in [0, 0.05) is 18.3 Å². The molecule has 1 rings (SSSR count). The van der Waals surface area contributed by atoms with E-state index in [0.717, 1.165) is 12.1 Å². The molecule has 0 amide bonds. The molecular weight excluding hydrogens is 231 g/mol. The summed E-state index contributed by atoms with van der Waals surface area (Å²) in [5, 5.41) is 8.91. The molecule has 0 saturated carbocycles. The van der Waals surface area contributed by atoms with Gasteiger partial charge in [0.25, 0.3) is 0 Å². The first-order valence-corrected chi connectivity index (χ1v) is 5.41. The standard InChI is InChI=1S/C12H16F3NO/c1-9(2)16(6-7-17)11-5-3-4-10(8-11)12(13,14)15/h3-5,8-9,17H,6-7H2,1-2H3. The Morgan fingerprint density at radius 2 is 1.94 bits per heavy atom. The molecular formula is C12H16F3NO. The van der Waals surface area contributed by atoms with E-state index in [1.54, 1.807) is 11.0 Å². The van der Waals surface area contributed by atoms with Crippen LogP contribution in [0.15, 0.2) is 24.3 Å². The van der Waals surface area contributed by atoms with E-state index in [-0.39, 0.29) is 12.6 Å². The van der Waals surface area contributed by atoms with Gasteiger partial charge in [0.15, 0.2) is 0 Å². The zero-order valence-electron chi connectivity index (χ0n) is 9.83. The molecule has 1 N–H and O–H groups in total. The molecule has 2 nitrogen and oxygen atoms in total. The number of aliphatic hydroxyl groups excluding tert-OH is 1. The Morgan fingerprint density at radius 3 is 2.41 bits per heavy atom. The van der Waals surface area contributed by atoms with Crippen molar-refractivity contribution in [1.82, 2.24) is 0 Å². The zero-order chi connectivity index (χ0) is 13.1. The molecule has 0 unspecified atom stereocenters. The Labute approximate surface area is 98.7 Å². The van der Waals surface area contributed by atoms with Crippen LogP contribution in [0.5, 0.6) is 0 Å². The molecule has 0 aromatic heterocycles. The number of halogens is 3. The van der Waals surface area contributed by atoms with E-state index in [4.69, 9.17) is 5.11 Å². The summed E-state index contributed by atoms with van der Waals surface area (Å²) in [5.41, 5.74) is -0.192. The third kappa shape index (κ3) is 3.63. The predicted molar refractivity (Wildman–Crippen MR) is 61.0 cm³/mol. The molecule has 17 heavy (non-hydrogen) atoms. The van der Waals surface area contributed by atoms with E-state index in [1.165, 1.54) is 6.07 Å². The average molecular weight is 247 g/mol. The SMILES string of the molecule is CC(C)N(CCO)c1cccc(C(F)(F)F)c1. The zero-order valence-corrected chi connectivity index (χ0v) is 9.83. The van der Waals surface area contributed by atoms with Crippen molar-refractivity contribution >= 4 is 5.69 Å². The van der Waals surface area contributed by atoms with Crippen LogP contribution in [0.1, 0.15) is 19.4 Å². The molecule has 0 atom stereocenters. The lowest BCUT2D eigenvalue weighted by Crippen LogP contribution is -2.33. The summed E-state index contributed by atoms with van der Waals surface area (Å²) < 4.78 is 37.7. The molecule has 0 aliphatic carbocycles. The number of aliphatic hydroxyl groups is 1. The molecule has 0 aliphatic heterocycles. The van der Waals surface area contributed by atoms with Crippen LogP contribution in [-0.2, 0) is 6.18 Å². The van der Waals surface area contributed by atoms with Gasteiger partial charge in [0.05, 0.1) is 12.2 Å². The van der Waals surface area contributed by atoms with Crippen molar-refractivity contribution in [1.29, 1.82) is 0 Å². The summed E-state index contributed by atoms with van der Waals surface area (Å²) in [5.74, 6) is 0. The van der Waals surface area contributed by atoms with Gasteiger partial charge in [-0.1, -0.05) is 6.07 Å². The highest BCUT2D eigenvalue weighted by molar-refractivity contribution is 5.50. The number of nitrogens with zero attached hydrogens (tertiary/aromatic N) is 1. The van der Waals surface area contributed by atoms with Crippen LogP contribution in [0.4, 0.5) is 18.9 Å². The molecule has 96 valence electrons. The molecule has 0 bridgehead atoms. The lowest BCUT2D eigenvalue weighted by atomic mass is 10.1. The second-order valence-electron chi connectivity index (χ2n) is 4.06. The van der Waals surface area contributed by atoms with Crippen LogP contribution in [0.25, 0.3) is 0 Å². The van der Waals surface area contributed by atoms with Gasteiger partial charge < -0.3 is 10.0 Å². The Bertz CT molecular complexity index is 363. The third-order valence-electron chi connectivity index (χ3n) is 2.47. The number of hydrogen-bond acceptors (Lipinski definition) is 2. The van der Waals surface area contributed by atoms with E-state index in [1.807, 2.05) is 13.8 Å². The molecule has 0 heterocycles. The van der Waals surface area contributed by atoms with Crippen molar-refractivity contribution in [2.75, 3.05) is 18.1 Å². The van der Waals surface area contributed by atoms with Crippen LogP contribution in [0, 0.1) is 0 Å². The maximum atomic E-state index is 12.6. The minimum atomic E-state index is -4.34. The smallest absolute Gasteiger partial charge is 0.395 e. The van der Waals surface area contributed by atoms with Gasteiger partial charge in [-0.2, -0.15) is 13.2 Å². The van der Waals surface area contributed by atoms with Crippen LogP contribution in [0.2, 0.25) is 0 Å². The fraction of sp³-hybridized carbons (Fsp3) is 0.500. The Morgan fingerprint density at radius 1 is 1.29 bits per heavy atom. The largest absolute Gasteiger partial charge is 0.416 e. The fourth-order valence-corrected chi connectivity index (χ4v) is 1.65. The quantitative estimate of drug-likeness (QED) is 0.884. The lowest BCUT2D eigenvalue weighted by molar-refractivity contribution is -0.137. The highest BCUT2D eigenvalue weighted by Crippen LogP contribution is 2.31. The highest BCUT2D eigenvalue weighted by atomic mass is 19.4. The number of hydrogen-bond donors (Lipinski definition) is 1. The number of rotatable bonds is 4. The Hall–Kier alpha value is -1.23. The first-order chi connectivity index (χ1) is 7.86. The average Bonchev–Trinajstić information content (AvgIpc) is 2.24. The van der Waals surface area contributed by atoms with Gasteiger partial charge in [-0.25, -0.2) is 0 Å². The summed E-state index contributed by atoms with van der Waals surface area (Å²) in [6.45, 7) is 3.97. The van der Waals surface area contributed by atoms with E-state index in [2.05, 4.69) is 0 Å². The molecule has 1 aromatic rings. The maximum absolute atomic E-state index is 12.6. The summed E-state index contributed by atoms with van der Waals surface area (Å²) in [7, 11) is 0. The summed E-state index contributed by atoms with van der Waals surface area (Å²) in [6, 6.07) is 5.18. The third-order valence-corrected chi connectivity index (χ3v) is 2.47. The monoisotopic (exact) mass is 247 g/mol. The van der Waals surface area contributed by atoms with E-state index < -0.39 is 11.7 Å². The van der Waals surface area contributed by atoms with Gasteiger partial charge in [-0.3, -0.25) is 0 Å². The number of anilines is 1. The van der Waals surface area contributed by atoms with Crippen molar-refractivity contribution in [2.45, 2.75) is 26.1 Å². The maximum Gasteiger partial charge on any atom is 0.416 e. The van der Waals surface area contributed by atoms with Gasteiger partial charge in [0.1, 0.15) is 0 Å². The lowest BCUT2D eigenvalue weighted by Gasteiger charge is -2.28. The van der Waals surface area contributed by atoms with Gasteiger partial charge in [-0.15, -0.1) is 0 Å². The summed E-state index contributed by atoms with van der Waals surface area (Å²) in [4.78, 5) is 1.73. The molecule has 0 radical (unpaired) electrons. The molecule has 0 saturated heterocycles. The van der Waals surface area contributed by atoms with Crippen LogP contribution >= 0.6 is 0 Å². The first kappa shape index (κ1) is 13.8. The fourth-order valence-electron chi connectivity index (χ4n) is 1.65. The van der Waals surface area contributed by atoms with E-state index >= 15 is 0 Å². The minimum Gasteiger partial charge on any atom is -0.395 e. The highest BCUT2D eigenvalue weighted by Gasteiger charge is 2.30. The molecule has 0 aliphatic rings. The van der Waals surface area contributed by atoms with E-state index in [9.17, 15) is 13.2 Å². The van der Waals surface area contributed by atoms with Crippen molar-refractivity contribution < 1.29 is 18.3 Å². The van der Waals surface area contributed by atoms with Gasteiger partial charge in [0.2, 0.25) is 0 Å². The second-order valence-corrected chi connectivity index (χ2v) is 4.06. The van der Waals surface area contributed by atoms with Crippen molar-refractivity contribution in [3.05, 3.63) is 29.8 Å². The van der Waals surface area contributed by atoms with Crippen LogP contribution in [-0.4, -0.2) is 24.3 Å². The Kier molecular flexibility index (Phi) is 4.40. The van der Waals surface area contributed by atoms with Crippen LogP contribution in [0.3, 0.4) is 0 Å². The van der Waals surface area contributed by atoms with Crippen LogP contribution < -0.4 is 4.90 Å². The predicted octanol–water partition coefficient (Wildman–Crippen LogP) is 2.91.